The largest absolute Gasteiger partial charge is 0.481 e. The first-order valence-corrected chi connectivity index (χ1v) is 7.02. The van der Waals surface area contributed by atoms with Crippen LogP contribution in [0.4, 0.5) is 5.69 Å². The van der Waals surface area contributed by atoms with Gasteiger partial charge in [0.25, 0.3) is 0 Å². The maximum Gasteiger partial charge on any atom is 0.307 e. The first kappa shape index (κ1) is 14.6. The molecule has 1 aliphatic rings. The fourth-order valence-corrected chi connectivity index (χ4v) is 2.56. The van der Waals surface area contributed by atoms with E-state index in [1.807, 2.05) is 24.3 Å². The Labute approximate surface area is 119 Å². The fourth-order valence-electron chi connectivity index (χ4n) is 2.56. The standard InChI is InChI=1S/C16H21NO3/c1-10(2)11-5-4-6-12(9-11)17(3)15(18)13-7-8-14(13)16(19)20/h4-6,9-10,13-14H,7-8H2,1-3H3,(H,19,20). The van der Waals surface area contributed by atoms with Gasteiger partial charge in [0.15, 0.2) is 0 Å². The van der Waals surface area contributed by atoms with Crippen LogP contribution < -0.4 is 4.90 Å². The number of hydrogen-bond donors (Lipinski definition) is 1. The highest BCUT2D eigenvalue weighted by molar-refractivity contribution is 5.97. The molecule has 108 valence electrons. The van der Waals surface area contributed by atoms with Crippen molar-refractivity contribution in [2.75, 3.05) is 11.9 Å². The summed E-state index contributed by atoms with van der Waals surface area (Å²) in [4.78, 5) is 25.0. The van der Waals surface area contributed by atoms with E-state index >= 15 is 0 Å². The molecule has 4 heteroatoms. The van der Waals surface area contributed by atoms with Crippen LogP contribution >= 0.6 is 0 Å². The summed E-state index contributed by atoms with van der Waals surface area (Å²) < 4.78 is 0. The van der Waals surface area contributed by atoms with Crippen molar-refractivity contribution in [3.63, 3.8) is 0 Å². The lowest BCUT2D eigenvalue weighted by Crippen LogP contribution is -2.44. The zero-order valence-corrected chi connectivity index (χ0v) is 12.2. The quantitative estimate of drug-likeness (QED) is 0.919. The van der Waals surface area contributed by atoms with Gasteiger partial charge in [-0.15, -0.1) is 0 Å². The van der Waals surface area contributed by atoms with Crippen molar-refractivity contribution in [1.29, 1.82) is 0 Å². The molecule has 0 radical (unpaired) electrons. The molecule has 20 heavy (non-hydrogen) atoms. The molecule has 1 saturated carbocycles. The van der Waals surface area contributed by atoms with E-state index in [2.05, 4.69) is 13.8 Å². The number of carboxylic acids is 1. The summed E-state index contributed by atoms with van der Waals surface area (Å²) >= 11 is 0. The third-order valence-electron chi connectivity index (χ3n) is 4.16. The third-order valence-corrected chi connectivity index (χ3v) is 4.16. The Morgan fingerprint density at radius 1 is 1.25 bits per heavy atom. The van der Waals surface area contributed by atoms with Crippen molar-refractivity contribution in [1.82, 2.24) is 0 Å². The summed E-state index contributed by atoms with van der Waals surface area (Å²) in [6.07, 6.45) is 1.27. The molecule has 1 aliphatic carbocycles. The highest BCUT2D eigenvalue weighted by atomic mass is 16.4. The van der Waals surface area contributed by atoms with Crippen LogP contribution in [-0.2, 0) is 9.59 Å². The first-order chi connectivity index (χ1) is 9.41. The third kappa shape index (κ3) is 2.69. The Hall–Kier alpha value is -1.84. The van der Waals surface area contributed by atoms with Gasteiger partial charge in [-0.2, -0.15) is 0 Å². The molecule has 0 bridgehead atoms. The molecule has 1 amide bonds. The topological polar surface area (TPSA) is 57.6 Å². The molecule has 0 saturated heterocycles. The van der Waals surface area contributed by atoms with Crippen LogP contribution in [0.25, 0.3) is 0 Å². The van der Waals surface area contributed by atoms with Crippen molar-refractivity contribution in [3.8, 4) is 0 Å². The van der Waals surface area contributed by atoms with E-state index in [0.29, 0.717) is 18.8 Å². The lowest BCUT2D eigenvalue weighted by atomic mass is 9.73. The van der Waals surface area contributed by atoms with Crippen LogP contribution in [-0.4, -0.2) is 24.0 Å². The van der Waals surface area contributed by atoms with E-state index in [1.165, 1.54) is 5.56 Å². The van der Waals surface area contributed by atoms with E-state index in [0.717, 1.165) is 5.69 Å². The van der Waals surface area contributed by atoms with Crippen molar-refractivity contribution < 1.29 is 14.7 Å². The predicted molar refractivity (Wildman–Crippen MR) is 77.8 cm³/mol. The number of carbonyl (C=O) groups excluding carboxylic acids is 1. The number of amides is 1. The molecule has 0 aliphatic heterocycles. The van der Waals surface area contributed by atoms with Gasteiger partial charge < -0.3 is 10.0 Å². The molecular weight excluding hydrogens is 254 g/mol. The fraction of sp³-hybridized carbons (Fsp3) is 0.500. The lowest BCUT2D eigenvalue weighted by molar-refractivity contribution is -0.151. The van der Waals surface area contributed by atoms with Crippen molar-refractivity contribution >= 4 is 17.6 Å². The molecule has 1 N–H and O–H groups in total. The van der Waals surface area contributed by atoms with Gasteiger partial charge in [-0.1, -0.05) is 26.0 Å². The van der Waals surface area contributed by atoms with Gasteiger partial charge in [-0.05, 0) is 36.5 Å². The van der Waals surface area contributed by atoms with E-state index in [9.17, 15) is 9.59 Å². The molecule has 2 atom stereocenters. The Bertz CT molecular complexity index is 524. The second-order valence-corrected chi connectivity index (χ2v) is 5.78. The first-order valence-electron chi connectivity index (χ1n) is 7.02. The minimum atomic E-state index is -0.862. The van der Waals surface area contributed by atoms with Crippen LogP contribution in [0.3, 0.4) is 0 Å². The molecule has 2 unspecified atom stereocenters. The Balaban J connectivity index is 2.15. The van der Waals surface area contributed by atoms with Gasteiger partial charge in [0.1, 0.15) is 0 Å². The van der Waals surface area contributed by atoms with Crippen molar-refractivity contribution in [3.05, 3.63) is 29.8 Å². The minimum Gasteiger partial charge on any atom is -0.481 e. The van der Waals surface area contributed by atoms with Crippen molar-refractivity contribution in [2.24, 2.45) is 11.8 Å². The zero-order chi connectivity index (χ0) is 14.9. The average Bonchev–Trinajstić information content (AvgIpc) is 2.35. The van der Waals surface area contributed by atoms with Crippen LogP contribution in [0, 0.1) is 11.8 Å². The summed E-state index contributed by atoms with van der Waals surface area (Å²) in [6.45, 7) is 4.21. The summed E-state index contributed by atoms with van der Waals surface area (Å²) in [5.74, 6) is -1.45. The van der Waals surface area contributed by atoms with Gasteiger partial charge in [0, 0.05) is 12.7 Å². The number of carbonyl (C=O) groups is 2. The van der Waals surface area contributed by atoms with Gasteiger partial charge in [-0.3, -0.25) is 9.59 Å². The Morgan fingerprint density at radius 3 is 2.40 bits per heavy atom. The van der Waals surface area contributed by atoms with E-state index in [4.69, 9.17) is 5.11 Å². The number of anilines is 1. The second-order valence-electron chi connectivity index (χ2n) is 5.78. The number of benzene rings is 1. The monoisotopic (exact) mass is 275 g/mol. The molecule has 1 fully saturated rings. The lowest BCUT2D eigenvalue weighted by Gasteiger charge is -2.35. The Morgan fingerprint density at radius 2 is 1.90 bits per heavy atom. The van der Waals surface area contributed by atoms with Gasteiger partial charge in [0.2, 0.25) is 5.91 Å². The molecule has 0 heterocycles. The smallest absolute Gasteiger partial charge is 0.307 e. The molecule has 1 aromatic carbocycles. The van der Waals surface area contributed by atoms with E-state index in [-0.39, 0.29) is 11.8 Å². The van der Waals surface area contributed by atoms with E-state index < -0.39 is 11.9 Å². The number of hydrogen-bond acceptors (Lipinski definition) is 2. The average molecular weight is 275 g/mol. The highest BCUT2D eigenvalue weighted by Gasteiger charge is 2.42. The normalized spacial score (nSPS) is 21.4. The minimum absolute atomic E-state index is 0.0930. The Kier molecular flexibility index (Phi) is 4.12. The van der Waals surface area contributed by atoms with Gasteiger partial charge >= 0.3 is 5.97 Å². The van der Waals surface area contributed by atoms with Crippen LogP contribution in [0.15, 0.2) is 24.3 Å². The number of aliphatic carboxylic acids is 1. The molecule has 1 aromatic rings. The predicted octanol–water partition coefficient (Wildman–Crippen LogP) is 2.88. The summed E-state index contributed by atoms with van der Waals surface area (Å²) in [5.41, 5.74) is 2.00. The maximum atomic E-state index is 12.4. The summed E-state index contributed by atoms with van der Waals surface area (Å²) in [7, 11) is 1.72. The molecule has 0 aromatic heterocycles. The molecule has 0 spiro atoms. The zero-order valence-electron chi connectivity index (χ0n) is 12.2. The molecular formula is C16H21NO3. The van der Waals surface area contributed by atoms with Crippen molar-refractivity contribution in [2.45, 2.75) is 32.6 Å². The maximum absolute atomic E-state index is 12.4. The number of rotatable bonds is 4. The van der Waals surface area contributed by atoms with Gasteiger partial charge in [0.05, 0.1) is 11.8 Å². The summed E-state index contributed by atoms with van der Waals surface area (Å²) in [5, 5.41) is 9.05. The SMILES string of the molecule is CC(C)c1cccc(N(C)C(=O)C2CCC2C(=O)O)c1. The second kappa shape index (κ2) is 5.65. The number of nitrogens with zero attached hydrogens (tertiary/aromatic N) is 1. The molecule has 2 rings (SSSR count). The highest BCUT2D eigenvalue weighted by Crippen LogP contribution is 2.36. The van der Waals surface area contributed by atoms with Gasteiger partial charge in [-0.25, -0.2) is 0 Å². The van der Waals surface area contributed by atoms with Crippen LogP contribution in [0.5, 0.6) is 0 Å². The summed E-state index contributed by atoms with van der Waals surface area (Å²) in [6, 6.07) is 7.86. The number of carboxylic acid groups (broad SMARTS) is 1. The molecule has 4 nitrogen and oxygen atoms in total. The van der Waals surface area contributed by atoms with E-state index in [1.54, 1.807) is 11.9 Å². The van der Waals surface area contributed by atoms with Crippen LogP contribution in [0.2, 0.25) is 0 Å². The van der Waals surface area contributed by atoms with Crippen LogP contribution in [0.1, 0.15) is 38.2 Å².